The molecule has 0 radical (unpaired) electrons. The molecule has 0 saturated carbocycles. The van der Waals surface area contributed by atoms with Crippen LogP contribution in [0, 0.1) is 0 Å². The monoisotopic (exact) mass is 285 g/mol. The van der Waals surface area contributed by atoms with E-state index >= 15 is 0 Å². The molecule has 2 aromatic rings. The lowest BCUT2D eigenvalue weighted by Gasteiger charge is -2.20. The smallest absolute Gasteiger partial charge is 0.338 e. The van der Waals surface area contributed by atoms with Crippen molar-refractivity contribution in [1.29, 1.82) is 0 Å². The maximum absolute atomic E-state index is 12.4. The zero-order valence-electron chi connectivity index (χ0n) is 12.8. The van der Waals surface area contributed by atoms with Crippen molar-refractivity contribution in [2.75, 3.05) is 0 Å². The van der Waals surface area contributed by atoms with Crippen LogP contribution >= 0.6 is 0 Å². The highest BCUT2D eigenvalue weighted by atomic mass is 16.6. The largest absolute Gasteiger partial charge is 0.456 e. The Labute approximate surface area is 123 Å². The van der Waals surface area contributed by atoms with Crippen molar-refractivity contribution in [2.24, 2.45) is 7.05 Å². The van der Waals surface area contributed by atoms with Gasteiger partial charge in [0.05, 0.1) is 16.7 Å². The van der Waals surface area contributed by atoms with Gasteiger partial charge in [0.15, 0.2) is 0 Å². The molecule has 0 N–H and O–H groups in total. The summed E-state index contributed by atoms with van der Waals surface area (Å²) in [6.07, 6.45) is 0. The molecule has 0 spiro atoms. The number of para-hydroxylation sites is 1. The molecular formula is C17H19NO3. The van der Waals surface area contributed by atoms with E-state index in [-0.39, 0.29) is 16.7 Å². The number of carbonyl (C=O) groups excluding carboxylic acids is 1. The Hall–Kier alpha value is -2.36. The number of aromatic nitrogens is 1. The molecular weight excluding hydrogens is 266 g/mol. The topological polar surface area (TPSA) is 48.3 Å². The van der Waals surface area contributed by atoms with Crippen molar-refractivity contribution in [3.8, 4) is 0 Å². The van der Waals surface area contributed by atoms with Crippen LogP contribution in [0.1, 0.15) is 26.3 Å². The van der Waals surface area contributed by atoms with E-state index in [4.69, 9.17) is 4.74 Å². The molecule has 0 bridgehead atoms. The average molecular weight is 285 g/mol. The third-order valence-corrected chi connectivity index (χ3v) is 3.10. The van der Waals surface area contributed by atoms with E-state index in [2.05, 4.69) is 6.58 Å². The molecule has 0 amide bonds. The first-order chi connectivity index (χ1) is 9.70. The fourth-order valence-corrected chi connectivity index (χ4v) is 2.09. The van der Waals surface area contributed by atoms with Crippen molar-refractivity contribution < 1.29 is 9.53 Å². The number of hydrogen-bond donors (Lipinski definition) is 0. The van der Waals surface area contributed by atoms with Crippen LogP contribution in [-0.4, -0.2) is 16.1 Å². The average Bonchev–Trinajstić information content (AvgIpc) is 2.40. The highest BCUT2D eigenvalue weighted by Crippen LogP contribution is 2.19. The number of esters is 1. The minimum Gasteiger partial charge on any atom is -0.456 e. The molecule has 0 aliphatic rings. The van der Waals surface area contributed by atoms with Gasteiger partial charge in [-0.1, -0.05) is 24.8 Å². The Bertz CT molecular complexity index is 779. The Morgan fingerprint density at radius 1 is 1.24 bits per heavy atom. The Kier molecular flexibility index (Phi) is 3.73. The number of nitrogens with zero attached hydrogens (tertiary/aromatic N) is 1. The van der Waals surface area contributed by atoms with E-state index < -0.39 is 11.6 Å². The van der Waals surface area contributed by atoms with Crippen LogP contribution < -0.4 is 5.56 Å². The first-order valence-corrected chi connectivity index (χ1v) is 6.72. The molecule has 110 valence electrons. The molecule has 1 aromatic heterocycles. The molecule has 0 unspecified atom stereocenters. The van der Waals surface area contributed by atoms with Gasteiger partial charge in [0, 0.05) is 7.05 Å². The van der Waals surface area contributed by atoms with E-state index in [1.807, 2.05) is 24.3 Å². The summed E-state index contributed by atoms with van der Waals surface area (Å²) in [5.41, 5.74) is 0.275. The van der Waals surface area contributed by atoms with Gasteiger partial charge in [-0.2, -0.15) is 0 Å². The summed E-state index contributed by atoms with van der Waals surface area (Å²) in [7, 11) is 1.68. The minimum absolute atomic E-state index is 0.0799. The van der Waals surface area contributed by atoms with Crippen LogP contribution in [0.25, 0.3) is 16.5 Å². The second kappa shape index (κ2) is 5.20. The van der Waals surface area contributed by atoms with Crippen molar-refractivity contribution in [2.45, 2.75) is 26.4 Å². The summed E-state index contributed by atoms with van der Waals surface area (Å²) in [5, 5.41) is 0.874. The first kappa shape index (κ1) is 15.0. The van der Waals surface area contributed by atoms with Crippen LogP contribution in [0.3, 0.4) is 0 Å². The Morgan fingerprint density at radius 2 is 1.86 bits per heavy atom. The first-order valence-electron chi connectivity index (χ1n) is 6.72. The second-order valence-electron chi connectivity index (χ2n) is 5.96. The molecule has 0 aliphatic heterocycles. The number of carbonyl (C=O) groups is 1. The highest BCUT2D eigenvalue weighted by molar-refractivity contribution is 6.16. The summed E-state index contributed by atoms with van der Waals surface area (Å²) in [4.78, 5) is 24.5. The number of rotatable bonds is 2. The Balaban J connectivity index is 2.52. The van der Waals surface area contributed by atoms with Crippen molar-refractivity contribution in [3.63, 3.8) is 0 Å². The standard InChI is InChI=1S/C17H19NO3/c1-11(16(20)21-17(2,3)4)13-10-12-8-6-7-9-14(12)18(5)15(13)19/h6-10H,1H2,2-5H3. The lowest BCUT2D eigenvalue weighted by Crippen LogP contribution is -2.27. The van der Waals surface area contributed by atoms with Gasteiger partial charge in [0.2, 0.25) is 0 Å². The van der Waals surface area contributed by atoms with Gasteiger partial charge in [-0.3, -0.25) is 4.79 Å². The fraction of sp³-hybridized carbons (Fsp3) is 0.294. The van der Waals surface area contributed by atoms with E-state index in [0.29, 0.717) is 0 Å². The number of aryl methyl sites for hydroxylation is 1. The lowest BCUT2D eigenvalue weighted by atomic mass is 10.1. The van der Waals surface area contributed by atoms with Crippen LogP contribution in [0.15, 0.2) is 41.7 Å². The van der Waals surface area contributed by atoms with Crippen LogP contribution in [0.2, 0.25) is 0 Å². The molecule has 4 nitrogen and oxygen atoms in total. The summed E-state index contributed by atoms with van der Waals surface area (Å²) < 4.78 is 6.79. The quantitative estimate of drug-likeness (QED) is 0.629. The third-order valence-electron chi connectivity index (χ3n) is 3.10. The zero-order valence-corrected chi connectivity index (χ0v) is 12.8. The van der Waals surface area contributed by atoms with Crippen LogP contribution in [-0.2, 0) is 16.6 Å². The SMILES string of the molecule is C=C(C(=O)OC(C)(C)C)c1cc2ccccc2n(C)c1=O. The fourth-order valence-electron chi connectivity index (χ4n) is 2.09. The summed E-state index contributed by atoms with van der Waals surface area (Å²) in [6, 6.07) is 9.18. The maximum Gasteiger partial charge on any atom is 0.338 e. The molecule has 4 heteroatoms. The molecule has 1 aromatic carbocycles. The summed E-state index contributed by atoms with van der Waals surface area (Å²) in [5.74, 6) is -0.574. The van der Waals surface area contributed by atoms with Crippen LogP contribution in [0.5, 0.6) is 0 Å². The van der Waals surface area contributed by atoms with Crippen molar-refractivity contribution >= 4 is 22.4 Å². The molecule has 0 atom stereocenters. The third kappa shape index (κ3) is 3.05. The molecule has 21 heavy (non-hydrogen) atoms. The van der Waals surface area contributed by atoms with Gasteiger partial charge in [-0.25, -0.2) is 4.79 Å². The van der Waals surface area contributed by atoms with Gasteiger partial charge in [0.25, 0.3) is 5.56 Å². The minimum atomic E-state index is -0.623. The van der Waals surface area contributed by atoms with Gasteiger partial charge in [-0.15, -0.1) is 0 Å². The summed E-state index contributed by atoms with van der Waals surface area (Å²) in [6.45, 7) is 9.05. The number of benzene rings is 1. The molecule has 1 heterocycles. The summed E-state index contributed by atoms with van der Waals surface area (Å²) >= 11 is 0. The molecule has 0 saturated heterocycles. The van der Waals surface area contributed by atoms with Gasteiger partial charge >= 0.3 is 5.97 Å². The Morgan fingerprint density at radius 3 is 2.48 bits per heavy atom. The van der Waals surface area contributed by atoms with E-state index in [0.717, 1.165) is 10.9 Å². The molecule has 0 fully saturated rings. The predicted molar refractivity (Wildman–Crippen MR) is 84.1 cm³/mol. The lowest BCUT2D eigenvalue weighted by molar-refractivity contribution is -0.147. The van der Waals surface area contributed by atoms with E-state index in [9.17, 15) is 9.59 Å². The number of pyridine rings is 1. The van der Waals surface area contributed by atoms with Crippen molar-refractivity contribution in [1.82, 2.24) is 4.57 Å². The van der Waals surface area contributed by atoms with Gasteiger partial charge in [0.1, 0.15) is 5.60 Å². The highest BCUT2D eigenvalue weighted by Gasteiger charge is 2.22. The van der Waals surface area contributed by atoms with E-state index in [1.165, 1.54) is 4.57 Å². The zero-order chi connectivity index (χ0) is 15.8. The predicted octanol–water partition coefficient (Wildman–Crippen LogP) is 2.89. The number of fused-ring (bicyclic) bond motifs is 1. The van der Waals surface area contributed by atoms with Crippen molar-refractivity contribution in [3.05, 3.63) is 52.8 Å². The number of hydrogen-bond acceptors (Lipinski definition) is 3. The molecule has 2 rings (SSSR count). The van der Waals surface area contributed by atoms with Crippen LogP contribution in [0.4, 0.5) is 0 Å². The van der Waals surface area contributed by atoms with Gasteiger partial charge in [-0.05, 0) is 38.3 Å². The van der Waals surface area contributed by atoms with E-state index in [1.54, 1.807) is 33.9 Å². The molecule has 0 aliphatic carbocycles. The second-order valence-corrected chi connectivity index (χ2v) is 5.96. The maximum atomic E-state index is 12.4. The normalized spacial score (nSPS) is 11.4. The van der Waals surface area contributed by atoms with Gasteiger partial charge < -0.3 is 9.30 Å². The number of ether oxygens (including phenoxy) is 1.